The van der Waals surface area contributed by atoms with E-state index in [1.54, 1.807) is 36.4 Å². The van der Waals surface area contributed by atoms with Crippen molar-refractivity contribution in [2.45, 2.75) is 6.18 Å². The van der Waals surface area contributed by atoms with Crippen molar-refractivity contribution < 1.29 is 18.0 Å². The van der Waals surface area contributed by atoms with Crippen molar-refractivity contribution in [1.82, 2.24) is 0 Å². The summed E-state index contributed by atoms with van der Waals surface area (Å²) in [4.78, 5) is 12.8. The van der Waals surface area contributed by atoms with Gasteiger partial charge >= 0.3 is 6.18 Å². The number of alkyl halides is 3. The van der Waals surface area contributed by atoms with E-state index in [2.05, 4.69) is 5.32 Å². The number of nitrogens with two attached hydrogens (primary N) is 1. The largest absolute Gasteiger partial charge is 0.416 e. The number of hydrogen-bond donors (Lipinski definition) is 2. The van der Waals surface area contributed by atoms with Gasteiger partial charge in [0.05, 0.1) is 5.56 Å². The molecule has 0 heterocycles. The molecule has 0 saturated heterocycles. The van der Waals surface area contributed by atoms with Crippen molar-refractivity contribution in [2.75, 3.05) is 11.9 Å². The van der Waals surface area contributed by atoms with Crippen molar-refractivity contribution in [2.24, 2.45) is 5.73 Å². The first-order valence-electron chi connectivity index (χ1n) is 8.93. The topological polar surface area (TPSA) is 55.1 Å². The molecular weight excluding hydrogens is 377 g/mol. The summed E-state index contributed by atoms with van der Waals surface area (Å²) in [5.41, 5.74) is 7.73. The van der Waals surface area contributed by atoms with Gasteiger partial charge in [0.1, 0.15) is 0 Å². The lowest BCUT2D eigenvalue weighted by molar-refractivity contribution is -0.137. The Labute approximate surface area is 166 Å². The highest BCUT2D eigenvalue weighted by atomic mass is 19.4. The smallest absolute Gasteiger partial charge is 0.327 e. The Morgan fingerprint density at radius 3 is 2.21 bits per heavy atom. The van der Waals surface area contributed by atoms with Gasteiger partial charge < -0.3 is 11.1 Å². The normalized spacial score (nSPS) is 11.6. The second-order valence-electron chi connectivity index (χ2n) is 6.33. The number of amides is 1. The maximum absolute atomic E-state index is 12.8. The number of rotatable bonds is 5. The van der Waals surface area contributed by atoms with E-state index in [9.17, 15) is 18.0 Å². The molecular formula is C23H19F3N2O. The van der Waals surface area contributed by atoms with Crippen molar-refractivity contribution in [3.8, 4) is 11.1 Å². The van der Waals surface area contributed by atoms with E-state index >= 15 is 0 Å². The molecule has 3 aromatic carbocycles. The van der Waals surface area contributed by atoms with Crippen molar-refractivity contribution in [1.29, 1.82) is 0 Å². The van der Waals surface area contributed by atoms with Crippen LogP contribution >= 0.6 is 0 Å². The predicted octanol–water partition coefficient (Wildman–Crippen LogP) is 5.60. The highest BCUT2D eigenvalue weighted by molar-refractivity contribution is 6.08. The number of carbonyl (C=O) groups excluding carboxylic acids is 1. The van der Waals surface area contributed by atoms with Crippen LogP contribution < -0.4 is 11.1 Å². The molecule has 0 aliphatic rings. The third-order valence-electron chi connectivity index (χ3n) is 4.31. The van der Waals surface area contributed by atoms with Gasteiger partial charge in [-0.2, -0.15) is 13.2 Å². The lowest BCUT2D eigenvalue weighted by atomic mass is 9.98. The van der Waals surface area contributed by atoms with Crippen LogP contribution in [0.15, 0.2) is 78.9 Å². The summed E-state index contributed by atoms with van der Waals surface area (Å²) in [6.45, 7) is 0.444. The molecule has 29 heavy (non-hydrogen) atoms. The molecule has 3 N–H and O–H groups in total. The number of nitrogens with one attached hydrogen (secondary N) is 1. The summed E-state index contributed by atoms with van der Waals surface area (Å²) in [5, 5.41) is 2.82. The molecule has 3 rings (SSSR count). The van der Waals surface area contributed by atoms with E-state index in [-0.39, 0.29) is 5.91 Å². The van der Waals surface area contributed by atoms with Gasteiger partial charge in [-0.3, -0.25) is 4.79 Å². The molecule has 0 aliphatic heterocycles. The summed E-state index contributed by atoms with van der Waals surface area (Å²) >= 11 is 0. The summed E-state index contributed by atoms with van der Waals surface area (Å²) in [6.07, 6.45) is -0.694. The first-order valence-corrected chi connectivity index (χ1v) is 8.93. The predicted molar refractivity (Wildman–Crippen MR) is 109 cm³/mol. The molecule has 0 aromatic heterocycles. The van der Waals surface area contributed by atoms with E-state index in [1.807, 2.05) is 24.3 Å². The summed E-state index contributed by atoms with van der Waals surface area (Å²) in [5.74, 6) is -0.342. The quantitative estimate of drug-likeness (QED) is 0.590. The molecule has 0 radical (unpaired) electrons. The Morgan fingerprint density at radius 1 is 0.931 bits per heavy atom. The van der Waals surface area contributed by atoms with Gasteiger partial charge in [0.25, 0.3) is 5.91 Å². The second-order valence-corrected chi connectivity index (χ2v) is 6.33. The van der Waals surface area contributed by atoms with Gasteiger partial charge in [0, 0.05) is 17.8 Å². The van der Waals surface area contributed by atoms with Gasteiger partial charge in [-0.25, -0.2) is 0 Å². The summed E-state index contributed by atoms with van der Waals surface area (Å²) in [6, 6.07) is 18.8. The molecule has 0 spiro atoms. The van der Waals surface area contributed by atoms with Gasteiger partial charge in [-0.05, 0) is 47.0 Å². The lowest BCUT2D eigenvalue weighted by Crippen LogP contribution is -2.13. The molecule has 0 unspecified atom stereocenters. The van der Waals surface area contributed by atoms with Crippen molar-refractivity contribution in [3.63, 3.8) is 0 Å². The standard InChI is InChI=1S/C23H19F3N2O/c24-23(25,26)18-11-9-17(10-12-18)20-5-1-2-6-21(20)22(29)28-19-13-7-16(8-14-19)4-3-15-27/h1-14H,15,27H2,(H,28,29)/b4-3+. The van der Waals surface area contributed by atoms with Crippen LogP contribution in [0.5, 0.6) is 0 Å². The van der Waals surface area contributed by atoms with Gasteiger partial charge in [0.15, 0.2) is 0 Å². The molecule has 3 nitrogen and oxygen atoms in total. The molecule has 3 aromatic rings. The van der Waals surface area contributed by atoms with Crippen molar-refractivity contribution >= 4 is 17.7 Å². The van der Waals surface area contributed by atoms with Crippen LogP contribution in [0, 0.1) is 0 Å². The number of halogens is 3. The zero-order valence-corrected chi connectivity index (χ0v) is 15.4. The minimum Gasteiger partial charge on any atom is -0.327 e. The van der Waals surface area contributed by atoms with E-state index in [0.29, 0.717) is 28.9 Å². The number of benzene rings is 3. The maximum atomic E-state index is 12.8. The number of carbonyl (C=O) groups is 1. The lowest BCUT2D eigenvalue weighted by Gasteiger charge is -2.12. The Bertz CT molecular complexity index is 1010. The Balaban J connectivity index is 1.83. The minimum atomic E-state index is -4.40. The monoisotopic (exact) mass is 396 g/mol. The first kappa shape index (κ1) is 20.4. The average molecular weight is 396 g/mol. The first-order chi connectivity index (χ1) is 13.9. The highest BCUT2D eigenvalue weighted by Crippen LogP contribution is 2.32. The molecule has 0 aliphatic carbocycles. The molecule has 0 saturated carbocycles. The zero-order valence-electron chi connectivity index (χ0n) is 15.4. The molecule has 148 valence electrons. The maximum Gasteiger partial charge on any atom is 0.416 e. The van der Waals surface area contributed by atoms with E-state index < -0.39 is 11.7 Å². The van der Waals surface area contributed by atoms with Crippen LogP contribution in [0.4, 0.5) is 18.9 Å². The SMILES string of the molecule is NC/C=C/c1ccc(NC(=O)c2ccccc2-c2ccc(C(F)(F)F)cc2)cc1. The average Bonchev–Trinajstić information content (AvgIpc) is 2.73. The molecule has 0 atom stereocenters. The fourth-order valence-corrected chi connectivity index (χ4v) is 2.85. The third kappa shape index (κ3) is 5.12. The van der Waals surface area contributed by atoms with Crippen LogP contribution in [0.2, 0.25) is 0 Å². The van der Waals surface area contributed by atoms with Crippen LogP contribution in [0.3, 0.4) is 0 Å². The number of hydrogen-bond acceptors (Lipinski definition) is 2. The van der Waals surface area contributed by atoms with E-state index in [4.69, 9.17) is 5.73 Å². The molecule has 0 bridgehead atoms. The highest BCUT2D eigenvalue weighted by Gasteiger charge is 2.30. The fourth-order valence-electron chi connectivity index (χ4n) is 2.85. The molecule has 1 amide bonds. The summed E-state index contributed by atoms with van der Waals surface area (Å²) < 4.78 is 38.4. The molecule has 6 heteroatoms. The van der Waals surface area contributed by atoms with Gasteiger partial charge in [-0.1, -0.05) is 54.6 Å². The van der Waals surface area contributed by atoms with E-state index in [1.165, 1.54) is 12.1 Å². The Morgan fingerprint density at radius 2 is 1.59 bits per heavy atom. The number of anilines is 1. The van der Waals surface area contributed by atoms with Gasteiger partial charge in [0.2, 0.25) is 0 Å². The van der Waals surface area contributed by atoms with Crippen molar-refractivity contribution in [3.05, 3.63) is 95.6 Å². The minimum absolute atomic E-state index is 0.342. The van der Waals surface area contributed by atoms with Crippen LogP contribution in [-0.4, -0.2) is 12.5 Å². The van der Waals surface area contributed by atoms with Crippen LogP contribution in [0.25, 0.3) is 17.2 Å². The third-order valence-corrected chi connectivity index (χ3v) is 4.31. The zero-order chi connectivity index (χ0) is 20.9. The Hall–Kier alpha value is -3.38. The Kier molecular flexibility index (Phi) is 6.14. The van der Waals surface area contributed by atoms with E-state index in [0.717, 1.165) is 17.7 Å². The van der Waals surface area contributed by atoms with Crippen LogP contribution in [-0.2, 0) is 6.18 Å². The second kappa shape index (κ2) is 8.75. The molecule has 0 fully saturated rings. The van der Waals surface area contributed by atoms with Gasteiger partial charge in [-0.15, -0.1) is 0 Å². The summed E-state index contributed by atoms with van der Waals surface area (Å²) in [7, 11) is 0. The van der Waals surface area contributed by atoms with Crippen LogP contribution in [0.1, 0.15) is 21.5 Å². The fraction of sp³-hybridized carbons (Fsp3) is 0.0870.